The Hall–Kier alpha value is -2.31. The van der Waals surface area contributed by atoms with Crippen molar-refractivity contribution in [2.45, 2.75) is 24.2 Å². The van der Waals surface area contributed by atoms with E-state index in [1.54, 1.807) is 28.6 Å². The fourth-order valence-electron chi connectivity index (χ4n) is 3.66. The number of hydrogen-bond donors (Lipinski definition) is 1. The molecule has 5 nitrogen and oxygen atoms in total. The molecule has 1 N–H and O–H groups in total. The molecule has 1 atom stereocenters. The summed E-state index contributed by atoms with van der Waals surface area (Å²) in [6.07, 6.45) is 2.85. The van der Waals surface area contributed by atoms with E-state index in [1.165, 1.54) is 10.9 Å². The Labute approximate surface area is 153 Å². The quantitative estimate of drug-likeness (QED) is 0.744. The van der Waals surface area contributed by atoms with Gasteiger partial charge < -0.3 is 9.72 Å². The zero-order valence-corrected chi connectivity index (χ0v) is 15.5. The summed E-state index contributed by atoms with van der Waals surface area (Å²) in [4.78, 5) is 3.61. The molecule has 0 bridgehead atoms. The van der Waals surface area contributed by atoms with Crippen molar-refractivity contribution in [2.24, 2.45) is 0 Å². The molecule has 0 spiro atoms. The molecule has 26 heavy (non-hydrogen) atoms. The molecule has 1 aromatic heterocycles. The molecule has 136 valence electrons. The average molecular weight is 370 g/mol. The van der Waals surface area contributed by atoms with Crippen LogP contribution in [0, 0.1) is 0 Å². The molecule has 1 saturated heterocycles. The van der Waals surface area contributed by atoms with E-state index >= 15 is 0 Å². The predicted molar refractivity (Wildman–Crippen MR) is 102 cm³/mol. The molecule has 1 aliphatic rings. The fourth-order valence-corrected chi connectivity index (χ4v) is 5.16. The van der Waals surface area contributed by atoms with Gasteiger partial charge in [0.2, 0.25) is 10.0 Å². The molecule has 4 rings (SSSR count). The lowest BCUT2D eigenvalue weighted by atomic mass is 9.98. The van der Waals surface area contributed by atoms with Gasteiger partial charge in [-0.05, 0) is 49.2 Å². The van der Waals surface area contributed by atoms with Gasteiger partial charge in [-0.1, -0.05) is 18.2 Å². The lowest BCUT2D eigenvalue weighted by molar-refractivity contribution is 0.340. The maximum atomic E-state index is 13.0. The van der Waals surface area contributed by atoms with Crippen molar-refractivity contribution in [1.29, 1.82) is 0 Å². The first kappa shape index (κ1) is 17.1. The van der Waals surface area contributed by atoms with Gasteiger partial charge in [-0.15, -0.1) is 0 Å². The summed E-state index contributed by atoms with van der Waals surface area (Å²) in [5.74, 6) is 0.896. The molecule has 6 heteroatoms. The highest BCUT2D eigenvalue weighted by molar-refractivity contribution is 7.89. The van der Waals surface area contributed by atoms with Crippen LogP contribution in [0.15, 0.2) is 59.6 Å². The summed E-state index contributed by atoms with van der Waals surface area (Å²) >= 11 is 0. The smallest absolute Gasteiger partial charge is 0.243 e. The lowest BCUT2D eigenvalue weighted by Crippen LogP contribution is -2.28. The molecule has 0 amide bonds. The third-order valence-electron chi connectivity index (χ3n) is 4.98. The van der Waals surface area contributed by atoms with Gasteiger partial charge in [-0.3, -0.25) is 0 Å². The molecular formula is C20H22N2O3S. The topological polar surface area (TPSA) is 62.4 Å². The van der Waals surface area contributed by atoms with Crippen molar-refractivity contribution in [3.05, 3.63) is 60.3 Å². The first-order chi connectivity index (χ1) is 12.6. The number of para-hydroxylation sites is 1. The number of hydrogen-bond acceptors (Lipinski definition) is 3. The summed E-state index contributed by atoms with van der Waals surface area (Å²) in [6.45, 7) is 3.52. The van der Waals surface area contributed by atoms with Gasteiger partial charge in [-0.2, -0.15) is 4.31 Å². The number of nitrogens with zero attached hydrogens (tertiary/aromatic N) is 1. The van der Waals surface area contributed by atoms with E-state index < -0.39 is 10.0 Å². The average Bonchev–Trinajstić information content (AvgIpc) is 3.29. The zero-order valence-electron chi connectivity index (χ0n) is 14.7. The normalized spacial score (nSPS) is 18.4. The monoisotopic (exact) mass is 370 g/mol. The Morgan fingerprint density at radius 3 is 2.69 bits per heavy atom. The van der Waals surface area contributed by atoms with Crippen LogP contribution in [-0.2, 0) is 10.0 Å². The van der Waals surface area contributed by atoms with Crippen LogP contribution in [0.5, 0.6) is 5.75 Å². The molecular weight excluding hydrogens is 348 g/mol. The summed E-state index contributed by atoms with van der Waals surface area (Å²) in [7, 11) is -3.48. The second-order valence-electron chi connectivity index (χ2n) is 6.54. The van der Waals surface area contributed by atoms with Gasteiger partial charge >= 0.3 is 0 Å². The highest BCUT2D eigenvalue weighted by atomic mass is 32.2. The minimum Gasteiger partial charge on any atom is -0.494 e. The molecule has 2 aromatic carbocycles. The van der Waals surface area contributed by atoms with Crippen molar-refractivity contribution in [3.8, 4) is 5.75 Å². The maximum absolute atomic E-state index is 13.0. The zero-order chi connectivity index (χ0) is 18.1. The number of sulfonamides is 1. The molecule has 1 aliphatic heterocycles. The highest BCUT2D eigenvalue weighted by Crippen LogP contribution is 2.35. The fraction of sp³-hybridized carbons (Fsp3) is 0.300. The van der Waals surface area contributed by atoms with Gasteiger partial charge in [0.05, 0.1) is 11.5 Å². The predicted octanol–water partition coefficient (Wildman–Crippen LogP) is 3.74. The first-order valence-electron chi connectivity index (χ1n) is 8.88. The molecule has 0 radical (unpaired) electrons. The van der Waals surface area contributed by atoms with Gasteiger partial charge in [0.15, 0.2) is 0 Å². The van der Waals surface area contributed by atoms with E-state index in [0.29, 0.717) is 30.3 Å². The van der Waals surface area contributed by atoms with Gasteiger partial charge in [0.1, 0.15) is 5.75 Å². The van der Waals surface area contributed by atoms with Crippen molar-refractivity contribution >= 4 is 20.9 Å². The van der Waals surface area contributed by atoms with E-state index in [2.05, 4.69) is 11.1 Å². The third-order valence-corrected chi connectivity index (χ3v) is 6.86. The standard InChI is InChI=1S/C20H22N2O3S/c1-2-25-16-7-9-17(10-8-16)26(23,24)22-12-11-15(14-22)19-13-21-20-6-4-3-5-18(19)20/h3-10,13,15,21H,2,11-12,14H2,1H3. The molecule has 0 aliphatic carbocycles. The van der Waals surface area contributed by atoms with E-state index in [0.717, 1.165) is 11.9 Å². The van der Waals surface area contributed by atoms with Crippen LogP contribution in [0.25, 0.3) is 10.9 Å². The molecule has 3 aromatic rings. The van der Waals surface area contributed by atoms with Crippen LogP contribution in [0.2, 0.25) is 0 Å². The Morgan fingerprint density at radius 1 is 1.15 bits per heavy atom. The second kappa shape index (κ2) is 6.78. The Kier molecular flexibility index (Phi) is 4.46. The summed E-state index contributed by atoms with van der Waals surface area (Å²) < 4.78 is 32.9. The molecule has 2 heterocycles. The second-order valence-corrected chi connectivity index (χ2v) is 8.48. The van der Waals surface area contributed by atoms with Crippen molar-refractivity contribution in [3.63, 3.8) is 0 Å². The number of rotatable bonds is 5. The number of ether oxygens (including phenoxy) is 1. The van der Waals surface area contributed by atoms with Gasteiger partial charge in [0, 0.05) is 36.1 Å². The van der Waals surface area contributed by atoms with Gasteiger partial charge in [0.25, 0.3) is 0 Å². The third kappa shape index (κ3) is 2.99. The first-order valence-corrected chi connectivity index (χ1v) is 10.3. The number of fused-ring (bicyclic) bond motifs is 1. The minimum atomic E-state index is -3.48. The Morgan fingerprint density at radius 2 is 1.92 bits per heavy atom. The Bertz CT molecular complexity index is 1010. The van der Waals surface area contributed by atoms with Crippen LogP contribution in [0.1, 0.15) is 24.8 Å². The van der Waals surface area contributed by atoms with E-state index in [9.17, 15) is 8.42 Å². The van der Waals surface area contributed by atoms with Crippen molar-refractivity contribution in [1.82, 2.24) is 9.29 Å². The van der Waals surface area contributed by atoms with Crippen LogP contribution in [0.4, 0.5) is 0 Å². The highest BCUT2D eigenvalue weighted by Gasteiger charge is 2.34. The minimum absolute atomic E-state index is 0.212. The number of nitrogens with one attached hydrogen (secondary N) is 1. The lowest BCUT2D eigenvalue weighted by Gasteiger charge is -2.17. The van der Waals surface area contributed by atoms with Crippen LogP contribution in [0.3, 0.4) is 0 Å². The number of aromatic nitrogens is 1. The molecule has 1 fully saturated rings. The Balaban J connectivity index is 1.55. The molecule has 1 unspecified atom stereocenters. The van der Waals surface area contributed by atoms with Crippen LogP contribution < -0.4 is 4.74 Å². The number of H-pyrrole nitrogens is 1. The van der Waals surface area contributed by atoms with E-state index in [1.807, 2.05) is 31.3 Å². The van der Waals surface area contributed by atoms with Crippen molar-refractivity contribution in [2.75, 3.05) is 19.7 Å². The number of benzene rings is 2. The molecule has 0 saturated carbocycles. The van der Waals surface area contributed by atoms with E-state index in [-0.39, 0.29) is 5.92 Å². The van der Waals surface area contributed by atoms with Crippen molar-refractivity contribution < 1.29 is 13.2 Å². The van der Waals surface area contributed by atoms with Gasteiger partial charge in [-0.25, -0.2) is 8.42 Å². The SMILES string of the molecule is CCOc1ccc(S(=O)(=O)N2CCC(c3c[nH]c4ccccc34)C2)cc1. The number of aromatic amines is 1. The largest absolute Gasteiger partial charge is 0.494 e. The van der Waals surface area contributed by atoms with Crippen LogP contribution >= 0.6 is 0 Å². The summed E-state index contributed by atoms with van der Waals surface area (Å²) in [6, 6.07) is 14.8. The van der Waals surface area contributed by atoms with Crippen LogP contribution in [-0.4, -0.2) is 37.4 Å². The van der Waals surface area contributed by atoms with E-state index in [4.69, 9.17) is 4.74 Å². The summed E-state index contributed by atoms with van der Waals surface area (Å²) in [5, 5.41) is 1.18. The summed E-state index contributed by atoms with van der Waals surface area (Å²) in [5.41, 5.74) is 2.29. The maximum Gasteiger partial charge on any atom is 0.243 e.